The van der Waals surface area contributed by atoms with E-state index in [1.54, 1.807) is 0 Å². The molecule has 97 heavy (non-hydrogen) atoms. The largest absolute Gasteiger partial charge is 1.00 e. The summed E-state index contributed by atoms with van der Waals surface area (Å²) in [6.07, 6.45) is 14.6. The number of anilines is 5. The summed E-state index contributed by atoms with van der Waals surface area (Å²) in [6.45, 7) is 25.9. The van der Waals surface area contributed by atoms with Crippen LogP contribution in [0, 0.1) is 23.7 Å². The molecule has 4 amide bonds. The number of carbonyl (C=O) groups excluding carboxylic acids is 5. The third kappa shape index (κ3) is 39.2. The molecular formula is C61H103Cl4K2N19O11. The average molecular weight is 1500 g/mol. The maximum Gasteiger partial charge on any atom is 1.00 e. The number of nitrogens with one attached hydrogen (secondary N) is 5. The van der Waals surface area contributed by atoms with Crippen LogP contribution < -0.4 is 169 Å². The number of aromatic nitrogens is 8. The Morgan fingerprint density at radius 3 is 1.04 bits per heavy atom. The summed E-state index contributed by atoms with van der Waals surface area (Å²) < 4.78 is 0. The van der Waals surface area contributed by atoms with Gasteiger partial charge in [0.1, 0.15) is 22.6 Å². The molecule has 8 rings (SSSR count). The van der Waals surface area contributed by atoms with Crippen molar-refractivity contribution in [2.45, 2.75) is 232 Å². The van der Waals surface area contributed by atoms with Crippen molar-refractivity contribution in [1.29, 1.82) is 0 Å². The Morgan fingerprint density at radius 2 is 0.784 bits per heavy atom. The molecule has 4 aliphatic rings. The minimum atomic E-state index is -0.674. The predicted octanol–water partition coefficient (Wildman–Crippen LogP) is -0.218. The Bertz CT molecular complexity index is 2950. The number of hydrogen-bond acceptors (Lipinski definition) is 26. The predicted molar refractivity (Wildman–Crippen MR) is 370 cm³/mol. The summed E-state index contributed by atoms with van der Waals surface area (Å²) >= 11 is 16.6. The molecule has 4 aliphatic carbocycles. The van der Waals surface area contributed by atoms with Crippen LogP contribution in [0.1, 0.15) is 210 Å². The SMILES string of the molecule is CC(C)(C)N.C[C@@H]1CC[C@@H](N)C[C@H]1O.C[C@@H]1CC[C@@H](Nc2nc(Cl)ncc2C(N)=O)C[C@H]1O.C[C@@H]1CC[C@@H](Nc2nc(NC(C)(C)C)ncc2C(N)=O)C[C@H]1O.C[C@@H]1CC[C@@H](Nc2nc(NC(C)(C)C)ncc2C(N)=O)C[C@H]1O.Cl.NC(=O)c1cnc(Cl)nc1Cl.O=CO[O-].[H-].[K+].[K+]. The summed E-state index contributed by atoms with van der Waals surface area (Å²) in [6, 6.07) is 0.430. The summed E-state index contributed by atoms with van der Waals surface area (Å²) in [5.41, 5.74) is 32.4. The van der Waals surface area contributed by atoms with E-state index in [2.05, 4.69) is 78.3 Å². The second-order valence-corrected chi connectivity index (χ2v) is 28.2. The second-order valence-electron chi connectivity index (χ2n) is 27.1. The monoisotopic (exact) mass is 1500 g/mol. The third-order valence-electron chi connectivity index (χ3n) is 14.8. The zero-order valence-corrected chi connectivity index (χ0v) is 67.9. The fourth-order valence-corrected chi connectivity index (χ4v) is 10.0. The number of hydrogen-bond donors (Lipinski definition) is 15. The van der Waals surface area contributed by atoms with Gasteiger partial charge in [-0.2, -0.15) is 15.0 Å². The topological polar surface area (TPSA) is 518 Å². The van der Waals surface area contributed by atoms with Crippen LogP contribution in [-0.2, 0) is 9.68 Å². The standard InChI is InChI=1S/2C16H27N5O2.C12H17ClN4O2.C7H15NO.C5H3Cl2N3O.C4H11N.CH2O3.ClH.2K.H/c2*1-9-5-6-10(7-12(9)22)19-14-11(13(17)23)8-18-15(20-14)21-16(2,3)4;1-6-2-3-7(4-9(6)18)16-11-8(10(14)19)5-15-12(13)17-11;1-5-2-3-6(8)4-7(5)9;6-3-2(4(8)11)1-9-5(7)10-3;1-4(2,3)5;2-1-4-3;;;;/h2*8-10,12,22H,5-7H2,1-4H3,(H2,17,23)(H2,18,19,20,21);5-7,9,18H,2-4H2,1H3,(H2,14,19)(H,15,16,17);5-7,9H,2-4,8H2,1H3;1H,(H2,8,11);5H2,1-3H3;1,3H;1H;;;/q;;;;;;;;2*+1;-1/p-1/t2*9-,10-,12-;6-,7-,9-;5-,6-,7-;;;;;;;/m1111......./s1. The molecule has 12 atom stereocenters. The van der Waals surface area contributed by atoms with Gasteiger partial charge in [0, 0.05) is 65.6 Å². The van der Waals surface area contributed by atoms with E-state index in [0.717, 1.165) is 57.8 Å². The van der Waals surface area contributed by atoms with E-state index in [0.29, 0.717) is 72.3 Å². The van der Waals surface area contributed by atoms with Crippen LogP contribution in [0.5, 0.6) is 0 Å². The molecule has 4 aromatic heterocycles. The molecule has 4 saturated carbocycles. The zero-order chi connectivity index (χ0) is 71.6. The number of carbonyl (C=O) groups is 5. The molecule has 0 spiro atoms. The van der Waals surface area contributed by atoms with Crippen molar-refractivity contribution in [2.75, 3.05) is 26.6 Å². The summed E-state index contributed by atoms with van der Waals surface area (Å²) in [5, 5.41) is 63.6. The van der Waals surface area contributed by atoms with Crippen LogP contribution in [0.2, 0.25) is 15.7 Å². The first-order chi connectivity index (χ1) is 43.5. The van der Waals surface area contributed by atoms with E-state index in [1.165, 1.54) is 24.8 Å². The van der Waals surface area contributed by atoms with Crippen molar-refractivity contribution in [3.8, 4) is 0 Å². The fraction of sp³-hybridized carbons (Fsp3) is 0.656. The molecule has 0 saturated heterocycles. The summed E-state index contributed by atoms with van der Waals surface area (Å²) in [4.78, 5) is 88.2. The number of rotatable bonds is 13. The molecule has 21 N–H and O–H groups in total. The number of nitrogens with two attached hydrogens (primary N) is 6. The summed E-state index contributed by atoms with van der Waals surface area (Å²) in [5.74, 6) is 0.988. The second kappa shape index (κ2) is 46.4. The molecule has 4 fully saturated rings. The molecule has 30 nitrogen and oxygen atoms in total. The zero-order valence-electron chi connectivity index (χ0n) is 59.5. The quantitative estimate of drug-likeness (QED) is 0.0205. The molecule has 538 valence electrons. The Kier molecular flexibility index (Phi) is 45.9. The molecule has 0 radical (unpaired) electrons. The maximum absolute atomic E-state index is 11.6. The van der Waals surface area contributed by atoms with E-state index in [4.69, 9.17) is 79.3 Å². The van der Waals surface area contributed by atoms with Crippen LogP contribution in [0.4, 0.5) is 29.4 Å². The van der Waals surface area contributed by atoms with Crippen molar-refractivity contribution in [2.24, 2.45) is 58.1 Å². The minimum Gasteiger partial charge on any atom is -1.00 e. The van der Waals surface area contributed by atoms with E-state index in [9.17, 15) is 39.6 Å². The number of aliphatic hydroxyl groups excluding tert-OH is 4. The van der Waals surface area contributed by atoms with Gasteiger partial charge in [-0.15, -0.1) is 12.4 Å². The molecular weight excluding hydrogens is 1390 g/mol. The number of primary amides is 4. The van der Waals surface area contributed by atoms with E-state index in [1.807, 2.05) is 83.1 Å². The van der Waals surface area contributed by atoms with Gasteiger partial charge in [0.05, 0.1) is 46.7 Å². The van der Waals surface area contributed by atoms with E-state index >= 15 is 0 Å². The number of halogens is 4. The first-order valence-corrected chi connectivity index (χ1v) is 32.1. The van der Waals surface area contributed by atoms with Gasteiger partial charge in [-0.05, 0) is 186 Å². The van der Waals surface area contributed by atoms with Crippen LogP contribution in [0.25, 0.3) is 0 Å². The smallest absolute Gasteiger partial charge is 1.00 e. The van der Waals surface area contributed by atoms with Crippen molar-refractivity contribution < 1.29 is 159 Å². The van der Waals surface area contributed by atoms with Crippen LogP contribution in [0.3, 0.4) is 0 Å². The first-order valence-electron chi connectivity index (χ1n) is 31.0. The van der Waals surface area contributed by atoms with Gasteiger partial charge in [0.15, 0.2) is 0 Å². The fourth-order valence-electron chi connectivity index (χ4n) is 9.49. The van der Waals surface area contributed by atoms with Gasteiger partial charge >= 0.3 is 103 Å². The van der Waals surface area contributed by atoms with Crippen molar-refractivity contribution in [3.05, 3.63) is 62.8 Å². The molecule has 4 heterocycles. The van der Waals surface area contributed by atoms with E-state index in [-0.39, 0.29) is 226 Å². The van der Waals surface area contributed by atoms with Crippen molar-refractivity contribution >= 4 is 107 Å². The van der Waals surface area contributed by atoms with Gasteiger partial charge in [0.25, 0.3) is 30.1 Å². The Morgan fingerprint density at radius 1 is 0.515 bits per heavy atom. The number of amides is 4. The van der Waals surface area contributed by atoms with Gasteiger partial charge in [-0.1, -0.05) is 39.3 Å². The van der Waals surface area contributed by atoms with Crippen molar-refractivity contribution in [3.63, 3.8) is 0 Å². The van der Waals surface area contributed by atoms with Crippen molar-refractivity contribution in [1.82, 2.24) is 39.9 Å². The van der Waals surface area contributed by atoms with Crippen LogP contribution >= 0.6 is 47.2 Å². The Labute approximate surface area is 677 Å². The minimum absolute atomic E-state index is 0. The molecule has 0 bridgehead atoms. The van der Waals surface area contributed by atoms with Crippen LogP contribution in [0.15, 0.2) is 24.8 Å². The Hall–Kier alpha value is -3.18. The summed E-state index contributed by atoms with van der Waals surface area (Å²) in [7, 11) is 0. The molecule has 0 aliphatic heterocycles. The molecule has 36 heteroatoms. The molecule has 0 aromatic carbocycles. The van der Waals surface area contributed by atoms with Gasteiger partial charge in [-0.3, -0.25) is 24.0 Å². The third-order valence-corrected chi connectivity index (χ3v) is 15.5. The molecule has 0 unspecified atom stereocenters. The Balaban J connectivity index is -0.00000114. The first kappa shape index (κ1) is 95.9. The number of aliphatic hydroxyl groups is 4. The van der Waals surface area contributed by atoms with Gasteiger partial charge < -0.3 is 93.0 Å². The molecule has 4 aromatic rings. The average Bonchev–Trinajstić information content (AvgIpc) is 0.836. The number of nitrogens with zero attached hydrogens (tertiary/aromatic N) is 8. The van der Waals surface area contributed by atoms with Gasteiger partial charge in [-0.25, -0.2) is 24.9 Å². The van der Waals surface area contributed by atoms with E-state index < -0.39 is 23.6 Å². The maximum atomic E-state index is 11.6. The normalized spacial score (nSPS) is 23.2. The van der Waals surface area contributed by atoms with Crippen LogP contribution in [-0.4, -0.2) is 156 Å². The van der Waals surface area contributed by atoms with Gasteiger partial charge in [0.2, 0.25) is 22.5 Å².